The van der Waals surface area contributed by atoms with Gasteiger partial charge in [-0.2, -0.15) is 5.10 Å². The van der Waals surface area contributed by atoms with Crippen molar-refractivity contribution < 1.29 is 4.74 Å². The first-order chi connectivity index (χ1) is 12.3. The zero-order chi connectivity index (χ0) is 17.2. The van der Waals surface area contributed by atoms with Crippen LogP contribution < -0.4 is 0 Å². The minimum Gasteiger partial charge on any atom is -0.380 e. The van der Waals surface area contributed by atoms with Gasteiger partial charge in [0.05, 0.1) is 18.3 Å². The van der Waals surface area contributed by atoms with Gasteiger partial charge in [-0.15, -0.1) is 10.2 Å². The Morgan fingerprint density at radius 2 is 2.20 bits per heavy atom. The van der Waals surface area contributed by atoms with Gasteiger partial charge in [-0.1, -0.05) is 0 Å². The highest BCUT2D eigenvalue weighted by Gasteiger charge is 2.35. The molecule has 0 radical (unpaired) electrons. The number of rotatable bonds is 6. The van der Waals surface area contributed by atoms with E-state index in [0.29, 0.717) is 0 Å². The maximum absolute atomic E-state index is 5.63. The summed E-state index contributed by atoms with van der Waals surface area (Å²) in [5.41, 5.74) is 2.04. The Kier molecular flexibility index (Phi) is 4.46. The molecule has 3 aromatic heterocycles. The summed E-state index contributed by atoms with van der Waals surface area (Å²) in [5.74, 6) is 0.959. The number of hydrogen-bond donors (Lipinski definition) is 0. The average molecular weight is 341 g/mol. The molecule has 2 atom stereocenters. The van der Waals surface area contributed by atoms with E-state index in [2.05, 4.69) is 42.9 Å². The van der Waals surface area contributed by atoms with Crippen molar-refractivity contribution in [3.8, 4) is 0 Å². The van der Waals surface area contributed by atoms with Crippen molar-refractivity contribution in [1.29, 1.82) is 0 Å². The number of fused-ring (bicyclic) bond motifs is 1. The quantitative estimate of drug-likeness (QED) is 0.674. The summed E-state index contributed by atoms with van der Waals surface area (Å²) >= 11 is 0. The second-order valence-corrected chi connectivity index (χ2v) is 6.36. The molecule has 1 aliphatic heterocycles. The Morgan fingerprint density at radius 3 is 3.04 bits per heavy atom. The largest absolute Gasteiger partial charge is 0.380 e. The number of hydrogen-bond acceptors (Lipinski definition) is 6. The van der Waals surface area contributed by atoms with Crippen LogP contribution in [0.2, 0.25) is 0 Å². The molecule has 1 saturated heterocycles. The molecule has 0 spiro atoms. The molecular formula is C17H23N7O. The summed E-state index contributed by atoms with van der Waals surface area (Å²) < 4.78 is 9.71. The number of nitrogens with zero attached hydrogens (tertiary/aromatic N) is 7. The smallest absolute Gasteiger partial charge is 0.179 e. The average Bonchev–Trinajstić information content (AvgIpc) is 3.36. The van der Waals surface area contributed by atoms with Crippen LogP contribution in [0.1, 0.15) is 30.9 Å². The molecule has 25 heavy (non-hydrogen) atoms. The van der Waals surface area contributed by atoms with Crippen molar-refractivity contribution in [2.45, 2.75) is 38.5 Å². The minimum atomic E-state index is 0.195. The number of methoxy groups -OCH3 is 1. The molecule has 0 bridgehead atoms. The van der Waals surface area contributed by atoms with Crippen molar-refractivity contribution in [1.82, 2.24) is 34.3 Å². The highest BCUT2D eigenvalue weighted by atomic mass is 16.5. The van der Waals surface area contributed by atoms with E-state index in [1.807, 2.05) is 16.8 Å². The number of ether oxygens (including phenoxy) is 1. The van der Waals surface area contributed by atoms with Crippen molar-refractivity contribution in [2.75, 3.05) is 20.2 Å². The normalized spacial score (nSPS) is 21.4. The van der Waals surface area contributed by atoms with Gasteiger partial charge in [0, 0.05) is 57.4 Å². The third-order valence-corrected chi connectivity index (χ3v) is 5.00. The van der Waals surface area contributed by atoms with Gasteiger partial charge < -0.3 is 4.74 Å². The van der Waals surface area contributed by atoms with Crippen LogP contribution in [0.15, 0.2) is 30.9 Å². The second kappa shape index (κ2) is 6.89. The molecule has 3 aromatic rings. The second-order valence-electron chi connectivity index (χ2n) is 6.36. The summed E-state index contributed by atoms with van der Waals surface area (Å²) in [6.07, 6.45) is 9.41. The van der Waals surface area contributed by atoms with Crippen molar-refractivity contribution in [2.24, 2.45) is 0 Å². The fourth-order valence-corrected chi connectivity index (χ4v) is 3.66. The van der Waals surface area contributed by atoms with Gasteiger partial charge in [0.1, 0.15) is 0 Å². The molecule has 0 aromatic carbocycles. The molecule has 0 N–H and O–H groups in total. The van der Waals surface area contributed by atoms with E-state index in [0.717, 1.165) is 43.9 Å². The standard InChI is InChI=1S/C17H23N7O/c1-3-24-13(4-6-19-24)5-8-22-12-14(25-2)10-15(22)17-21-20-16-11-18-7-9-23(16)17/h4,6-7,9,11,14-15H,3,5,8,10,12H2,1-2H3/t14-,15+/m1/s1. The number of aryl methyl sites for hydroxylation is 1. The lowest BCUT2D eigenvalue weighted by molar-refractivity contribution is 0.108. The fourth-order valence-electron chi connectivity index (χ4n) is 3.66. The zero-order valence-electron chi connectivity index (χ0n) is 14.6. The Balaban J connectivity index is 1.56. The van der Waals surface area contributed by atoms with E-state index in [1.54, 1.807) is 19.5 Å². The van der Waals surface area contributed by atoms with Gasteiger partial charge in [-0.05, 0) is 19.4 Å². The first kappa shape index (κ1) is 16.2. The topological polar surface area (TPSA) is 73.4 Å². The molecule has 0 saturated carbocycles. The van der Waals surface area contributed by atoms with Crippen molar-refractivity contribution in [3.63, 3.8) is 0 Å². The van der Waals surface area contributed by atoms with E-state index in [-0.39, 0.29) is 12.1 Å². The van der Waals surface area contributed by atoms with E-state index >= 15 is 0 Å². The molecule has 0 amide bonds. The molecule has 0 unspecified atom stereocenters. The van der Waals surface area contributed by atoms with Gasteiger partial charge in [0.25, 0.3) is 0 Å². The van der Waals surface area contributed by atoms with E-state index in [4.69, 9.17) is 4.74 Å². The summed E-state index contributed by atoms with van der Waals surface area (Å²) in [6.45, 7) is 4.86. The van der Waals surface area contributed by atoms with Gasteiger partial charge in [-0.3, -0.25) is 19.0 Å². The third-order valence-electron chi connectivity index (χ3n) is 5.00. The van der Waals surface area contributed by atoms with Crippen LogP contribution in [0.4, 0.5) is 0 Å². The van der Waals surface area contributed by atoms with Crippen molar-refractivity contribution >= 4 is 5.65 Å². The number of likely N-dealkylation sites (tertiary alicyclic amines) is 1. The lowest BCUT2D eigenvalue weighted by atomic mass is 10.2. The van der Waals surface area contributed by atoms with E-state index < -0.39 is 0 Å². The van der Waals surface area contributed by atoms with Crippen LogP contribution in [0.5, 0.6) is 0 Å². The summed E-state index contributed by atoms with van der Waals surface area (Å²) in [7, 11) is 1.78. The number of aromatic nitrogens is 6. The highest BCUT2D eigenvalue weighted by molar-refractivity contribution is 5.34. The predicted octanol–water partition coefficient (Wildman–Crippen LogP) is 1.35. The fraction of sp³-hybridized carbons (Fsp3) is 0.529. The molecular weight excluding hydrogens is 318 g/mol. The summed E-state index contributed by atoms with van der Waals surface area (Å²) in [5, 5.41) is 13.0. The van der Waals surface area contributed by atoms with E-state index in [1.165, 1.54) is 5.69 Å². The Morgan fingerprint density at radius 1 is 1.28 bits per heavy atom. The molecule has 132 valence electrons. The monoisotopic (exact) mass is 341 g/mol. The first-order valence-electron chi connectivity index (χ1n) is 8.72. The zero-order valence-corrected chi connectivity index (χ0v) is 14.6. The molecule has 4 rings (SSSR count). The Bertz CT molecular complexity index is 842. The minimum absolute atomic E-state index is 0.195. The van der Waals surface area contributed by atoms with Crippen LogP contribution in [0.3, 0.4) is 0 Å². The molecule has 4 heterocycles. The van der Waals surface area contributed by atoms with Crippen LogP contribution >= 0.6 is 0 Å². The molecule has 1 fully saturated rings. The third kappa shape index (κ3) is 3.03. The predicted molar refractivity (Wildman–Crippen MR) is 92.1 cm³/mol. The van der Waals surface area contributed by atoms with Gasteiger partial charge in [-0.25, -0.2) is 0 Å². The van der Waals surface area contributed by atoms with E-state index in [9.17, 15) is 0 Å². The SMILES string of the molecule is CCn1nccc1CCN1C[C@H](OC)C[C@H]1c1nnc2cnccn12. The van der Waals surface area contributed by atoms with Gasteiger partial charge in [0.2, 0.25) is 0 Å². The first-order valence-corrected chi connectivity index (χ1v) is 8.72. The molecule has 1 aliphatic rings. The Labute approximate surface area is 146 Å². The van der Waals surface area contributed by atoms with Crippen LogP contribution in [-0.4, -0.2) is 60.6 Å². The Hall–Kier alpha value is -2.32. The summed E-state index contributed by atoms with van der Waals surface area (Å²) in [4.78, 5) is 6.56. The lowest BCUT2D eigenvalue weighted by Crippen LogP contribution is -2.29. The van der Waals surface area contributed by atoms with Crippen LogP contribution in [0.25, 0.3) is 5.65 Å². The molecule has 8 nitrogen and oxygen atoms in total. The molecule has 8 heteroatoms. The summed E-state index contributed by atoms with van der Waals surface area (Å²) in [6, 6.07) is 2.29. The van der Waals surface area contributed by atoms with Gasteiger partial charge in [0.15, 0.2) is 11.5 Å². The maximum atomic E-state index is 5.63. The maximum Gasteiger partial charge on any atom is 0.179 e. The molecule has 0 aliphatic carbocycles. The van der Waals surface area contributed by atoms with Crippen LogP contribution in [-0.2, 0) is 17.7 Å². The van der Waals surface area contributed by atoms with Crippen LogP contribution in [0, 0.1) is 0 Å². The highest BCUT2D eigenvalue weighted by Crippen LogP contribution is 2.32. The van der Waals surface area contributed by atoms with Crippen molar-refractivity contribution in [3.05, 3.63) is 42.4 Å². The lowest BCUT2D eigenvalue weighted by Gasteiger charge is -2.22. The van der Waals surface area contributed by atoms with Gasteiger partial charge >= 0.3 is 0 Å².